The summed E-state index contributed by atoms with van der Waals surface area (Å²) in [6.45, 7) is 11.9. The Morgan fingerprint density at radius 1 is 1.17 bits per heavy atom. The quantitative estimate of drug-likeness (QED) is 0.262. The fraction of sp³-hybridized carbons (Fsp3) is 0.273. The largest absolute Gasteiger partial charge is 0.383 e. The number of rotatable bonds is 8. The van der Waals surface area contributed by atoms with Gasteiger partial charge in [-0.2, -0.15) is 0 Å². The van der Waals surface area contributed by atoms with Gasteiger partial charge in [0.2, 0.25) is 0 Å². The Hall–Kier alpha value is -2.93. The maximum absolute atomic E-state index is 11.8. The normalized spacial score (nSPS) is 14.7. The number of nitrogens with two attached hydrogens (primary N) is 2. The number of primary amides is 1. The van der Waals surface area contributed by atoms with Crippen molar-refractivity contribution in [2.45, 2.75) is 33.1 Å². The summed E-state index contributed by atoms with van der Waals surface area (Å²) in [5.41, 5.74) is 14.0. The van der Waals surface area contributed by atoms with Crippen molar-refractivity contribution >= 4 is 28.2 Å². The molecule has 156 valence electrons. The molecule has 0 bridgehead atoms. The van der Waals surface area contributed by atoms with Gasteiger partial charge < -0.3 is 16.8 Å². The van der Waals surface area contributed by atoms with Gasteiger partial charge in [0, 0.05) is 33.8 Å². The topological polar surface area (TPSA) is 111 Å². The van der Waals surface area contributed by atoms with Crippen LogP contribution in [0.5, 0.6) is 0 Å². The molecule has 5 N–H and O–H groups in total. The molecule has 0 spiro atoms. The summed E-state index contributed by atoms with van der Waals surface area (Å²) >= 11 is 0. The molecule has 7 heteroatoms. The van der Waals surface area contributed by atoms with Gasteiger partial charge >= 0.3 is 0 Å². The van der Waals surface area contributed by atoms with Crippen molar-refractivity contribution in [1.29, 1.82) is 0 Å². The third-order valence-corrected chi connectivity index (χ3v) is 4.90. The van der Waals surface area contributed by atoms with Gasteiger partial charge in [-0.1, -0.05) is 45.6 Å². The summed E-state index contributed by atoms with van der Waals surface area (Å²) in [5.74, 6) is -0.735. The predicted molar refractivity (Wildman–Crippen MR) is 124 cm³/mol. The molecule has 0 fully saturated rings. The fourth-order valence-corrected chi connectivity index (χ4v) is 2.42. The van der Waals surface area contributed by atoms with E-state index in [1.54, 1.807) is 25.2 Å². The van der Waals surface area contributed by atoms with Crippen LogP contribution in [0.2, 0.25) is 0 Å². The minimum atomic E-state index is -1.17. The van der Waals surface area contributed by atoms with Crippen molar-refractivity contribution in [2.24, 2.45) is 16.5 Å². The van der Waals surface area contributed by atoms with E-state index in [4.69, 9.17) is 11.5 Å². The van der Waals surface area contributed by atoms with Crippen LogP contribution in [0, 0.1) is 0 Å². The van der Waals surface area contributed by atoms with E-state index < -0.39 is 16.7 Å². The van der Waals surface area contributed by atoms with Gasteiger partial charge in [-0.05, 0) is 42.2 Å². The molecular weight excluding hydrogens is 384 g/mol. The average molecular weight is 415 g/mol. The first-order chi connectivity index (χ1) is 13.5. The molecule has 0 heterocycles. The molecule has 29 heavy (non-hydrogen) atoms. The van der Waals surface area contributed by atoms with E-state index in [2.05, 4.69) is 37.7 Å². The first-order valence-corrected chi connectivity index (χ1v) is 10.6. The number of hydrogen-bond acceptors (Lipinski definition) is 4. The van der Waals surface area contributed by atoms with E-state index in [1.165, 1.54) is 18.0 Å². The number of nitrogens with zero attached hydrogens (tertiary/aromatic N) is 1. The minimum Gasteiger partial charge on any atom is -0.383 e. The van der Waals surface area contributed by atoms with Crippen molar-refractivity contribution in [3.8, 4) is 0 Å². The Morgan fingerprint density at radius 3 is 2.21 bits per heavy atom. The Kier molecular flexibility index (Phi) is 8.79. The second-order valence-electron chi connectivity index (χ2n) is 7.36. The van der Waals surface area contributed by atoms with Crippen LogP contribution in [0.3, 0.4) is 0 Å². The number of amidine groups is 1. The summed E-state index contributed by atoms with van der Waals surface area (Å²) < 4.78 is 11.4. The van der Waals surface area contributed by atoms with Gasteiger partial charge in [0.05, 0.1) is 11.3 Å². The number of benzene rings is 1. The summed E-state index contributed by atoms with van der Waals surface area (Å²) in [6.07, 6.45) is 7.88. The number of aliphatic imine (C=N–C) groups is 1. The first kappa shape index (κ1) is 24.1. The van der Waals surface area contributed by atoms with Crippen LogP contribution >= 0.6 is 0 Å². The maximum Gasteiger partial charge on any atom is 0.253 e. The number of allylic oxidation sites excluding steroid dienone is 3. The van der Waals surface area contributed by atoms with Gasteiger partial charge in [0.15, 0.2) is 0 Å². The Morgan fingerprint density at radius 2 is 1.76 bits per heavy atom. The average Bonchev–Trinajstić information content (AvgIpc) is 2.64. The number of amides is 1. The molecule has 1 atom stereocenters. The van der Waals surface area contributed by atoms with Gasteiger partial charge in [0.25, 0.3) is 5.91 Å². The van der Waals surface area contributed by atoms with Crippen LogP contribution in [-0.4, -0.2) is 22.2 Å². The molecule has 1 amide bonds. The predicted octanol–water partition coefficient (Wildman–Crippen LogP) is 3.47. The van der Waals surface area contributed by atoms with Crippen molar-refractivity contribution in [2.75, 3.05) is 11.6 Å². The van der Waals surface area contributed by atoms with Crippen LogP contribution in [0.15, 0.2) is 76.4 Å². The second-order valence-corrected chi connectivity index (χ2v) is 8.79. The van der Waals surface area contributed by atoms with E-state index in [9.17, 15) is 9.00 Å². The van der Waals surface area contributed by atoms with Crippen LogP contribution in [0.25, 0.3) is 0 Å². The third kappa shape index (κ3) is 7.91. The first-order valence-electron chi connectivity index (χ1n) is 9.04. The molecule has 0 radical (unpaired) electrons. The summed E-state index contributed by atoms with van der Waals surface area (Å²) in [4.78, 5) is 16.5. The van der Waals surface area contributed by atoms with E-state index in [1.807, 2.05) is 24.3 Å². The van der Waals surface area contributed by atoms with Gasteiger partial charge in [-0.3, -0.25) is 9.00 Å². The summed E-state index contributed by atoms with van der Waals surface area (Å²) in [5, 5.41) is 3.03. The SMILES string of the molecule is C=C(\C=C/C(=C\C)/N=C(N)/C(=C\Nc1ccc(C(C)(C)C)cc1)C(N)=O)S(C)=O. The molecule has 0 saturated carbocycles. The molecule has 0 aliphatic carbocycles. The molecule has 0 aliphatic heterocycles. The van der Waals surface area contributed by atoms with Crippen molar-refractivity contribution in [3.63, 3.8) is 0 Å². The lowest BCUT2D eigenvalue weighted by Crippen LogP contribution is -2.27. The van der Waals surface area contributed by atoms with Crippen LogP contribution in [0.4, 0.5) is 5.69 Å². The third-order valence-electron chi connectivity index (χ3n) is 4.03. The molecule has 1 aromatic rings. The molecular formula is C22H30N4O2S. The lowest BCUT2D eigenvalue weighted by atomic mass is 9.87. The number of nitrogens with one attached hydrogen (secondary N) is 1. The van der Waals surface area contributed by atoms with E-state index >= 15 is 0 Å². The number of hydrogen-bond donors (Lipinski definition) is 3. The van der Waals surface area contributed by atoms with Gasteiger partial charge in [-0.25, -0.2) is 4.99 Å². The van der Waals surface area contributed by atoms with E-state index in [0.717, 1.165) is 5.69 Å². The zero-order chi connectivity index (χ0) is 22.2. The Bertz CT molecular complexity index is 902. The molecule has 1 aromatic carbocycles. The number of anilines is 1. The zero-order valence-electron chi connectivity index (χ0n) is 17.7. The van der Waals surface area contributed by atoms with E-state index in [0.29, 0.717) is 10.6 Å². The second kappa shape index (κ2) is 10.6. The van der Waals surface area contributed by atoms with Gasteiger partial charge in [0.1, 0.15) is 5.84 Å². The molecule has 0 saturated heterocycles. The van der Waals surface area contributed by atoms with Crippen LogP contribution in [0.1, 0.15) is 33.3 Å². The van der Waals surface area contributed by atoms with Crippen LogP contribution in [-0.2, 0) is 21.0 Å². The van der Waals surface area contributed by atoms with Crippen molar-refractivity contribution in [3.05, 3.63) is 77.0 Å². The standard InChI is InChI=1S/C22H30N4O2S/c1-7-17(11-8-15(2)29(6)28)26-20(23)19(21(24)27)14-25-18-12-9-16(10-13-18)22(3,4)5/h7-14,25H,2H2,1,3-6H3,(H2,23,26)(H2,24,27)/b11-8-,17-7+,19-14+. The number of carbonyl (C=O) groups is 1. The lowest BCUT2D eigenvalue weighted by molar-refractivity contribution is -0.114. The minimum absolute atomic E-state index is 0.0303. The van der Waals surface area contributed by atoms with Crippen molar-refractivity contribution in [1.82, 2.24) is 0 Å². The molecule has 0 aliphatic rings. The fourth-order valence-electron chi connectivity index (χ4n) is 2.16. The maximum atomic E-state index is 11.8. The Labute approximate surface area is 175 Å². The molecule has 0 aromatic heterocycles. The van der Waals surface area contributed by atoms with Crippen molar-refractivity contribution < 1.29 is 9.00 Å². The highest BCUT2D eigenvalue weighted by Gasteiger charge is 2.13. The summed E-state index contributed by atoms with van der Waals surface area (Å²) in [6, 6.07) is 7.87. The summed E-state index contributed by atoms with van der Waals surface area (Å²) in [7, 11) is -1.17. The highest BCUT2D eigenvalue weighted by Crippen LogP contribution is 2.23. The van der Waals surface area contributed by atoms with Gasteiger partial charge in [-0.15, -0.1) is 0 Å². The molecule has 1 rings (SSSR count). The van der Waals surface area contributed by atoms with Crippen LogP contribution < -0.4 is 16.8 Å². The highest BCUT2D eigenvalue weighted by molar-refractivity contribution is 7.88. The molecule has 6 nitrogen and oxygen atoms in total. The zero-order valence-corrected chi connectivity index (χ0v) is 18.5. The lowest BCUT2D eigenvalue weighted by Gasteiger charge is -2.19. The monoisotopic (exact) mass is 414 g/mol. The smallest absolute Gasteiger partial charge is 0.253 e. The van der Waals surface area contributed by atoms with E-state index in [-0.39, 0.29) is 16.8 Å². The highest BCUT2D eigenvalue weighted by atomic mass is 32.2. The number of carbonyl (C=O) groups excluding carboxylic acids is 1. The Balaban J connectivity index is 3.06. The molecule has 1 unspecified atom stereocenters.